The van der Waals surface area contributed by atoms with Crippen molar-refractivity contribution in [1.82, 2.24) is 9.80 Å². The second-order valence-electron chi connectivity index (χ2n) is 8.32. The minimum Gasteiger partial charge on any atom is -0.497 e. The van der Waals surface area contributed by atoms with E-state index >= 15 is 0 Å². The zero-order valence-corrected chi connectivity index (χ0v) is 17.6. The molecule has 2 heterocycles. The first-order chi connectivity index (χ1) is 14.4. The molecule has 0 atom stereocenters. The van der Waals surface area contributed by atoms with E-state index in [1.54, 1.807) is 21.0 Å². The number of amidine groups is 1. The Balaban J connectivity index is 1.61. The predicted octanol–water partition coefficient (Wildman–Crippen LogP) is 3.61. The molecule has 2 aliphatic heterocycles. The number of fused-ring (bicyclic) bond motifs is 2. The summed E-state index contributed by atoms with van der Waals surface area (Å²) in [5.74, 6) is 2.26. The molecule has 7 heteroatoms. The number of para-hydroxylation sites is 2. The largest absolute Gasteiger partial charge is 0.497 e. The maximum Gasteiger partial charge on any atom is 0.310 e. The highest BCUT2D eigenvalue weighted by Gasteiger charge is 2.32. The van der Waals surface area contributed by atoms with Crippen LogP contribution in [-0.2, 0) is 4.79 Å². The summed E-state index contributed by atoms with van der Waals surface area (Å²) >= 11 is 0. The van der Waals surface area contributed by atoms with E-state index < -0.39 is 11.4 Å². The number of benzene rings is 2. The van der Waals surface area contributed by atoms with Gasteiger partial charge in [-0.1, -0.05) is 12.1 Å². The summed E-state index contributed by atoms with van der Waals surface area (Å²) in [5, 5.41) is 9.42. The second-order valence-corrected chi connectivity index (χ2v) is 8.32. The summed E-state index contributed by atoms with van der Waals surface area (Å²) in [6.07, 6.45) is 0. The molecule has 0 aromatic heterocycles. The molecule has 2 aliphatic rings. The van der Waals surface area contributed by atoms with E-state index in [4.69, 9.17) is 14.5 Å². The van der Waals surface area contributed by atoms with Crippen molar-refractivity contribution in [2.75, 3.05) is 39.8 Å². The lowest BCUT2D eigenvalue weighted by molar-refractivity contribution is -0.148. The van der Waals surface area contributed by atoms with Crippen LogP contribution >= 0.6 is 0 Å². The maximum atomic E-state index is 11.5. The molecular weight excluding hydrogens is 382 g/mol. The number of piperazine rings is 1. The Kier molecular flexibility index (Phi) is 5.39. The Hall–Kier alpha value is -3.06. The molecule has 4 rings (SSSR count). The molecule has 0 saturated carbocycles. The molecule has 0 spiro atoms. The number of ether oxygens (including phenoxy) is 2. The van der Waals surface area contributed by atoms with Gasteiger partial charge in [0, 0.05) is 38.8 Å². The van der Waals surface area contributed by atoms with Gasteiger partial charge in [-0.25, -0.2) is 4.99 Å². The third kappa shape index (κ3) is 3.98. The van der Waals surface area contributed by atoms with Crippen LogP contribution in [0.3, 0.4) is 0 Å². The molecule has 1 N–H and O–H groups in total. The molecule has 0 amide bonds. The van der Waals surface area contributed by atoms with Crippen molar-refractivity contribution in [2.45, 2.75) is 13.8 Å². The fraction of sp³-hybridized carbons (Fsp3) is 0.391. The van der Waals surface area contributed by atoms with Gasteiger partial charge in [-0.3, -0.25) is 9.69 Å². The molecule has 0 radical (unpaired) electrons. The number of rotatable bonds is 4. The molecule has 0 bridgehead atoms. The van der Waals surface area contributed by atoms with Crippen LogP contribution in [0.25, 0.3) is 0 Å². The lowest BCUT2D eigenvalue weighted by Crippen LogP contribution is -2.52. The average Bonchev–Trinajstić information content (AvgIpc) is 2.90. The molecule has 0 unspecified atom stereocenters. The third-order valence-corrected chi connectivity index (χ3v) is 5.61. The van der Waals surface area contributed by atoms with Crippen molar-refractivity contribution in [3.8, 4) is 17.2 Å². The first-order valence-electron chi connectivity index (χ1n) is 10.1. The zero-order chi connectivity index (χ0) is 21.3. The number of carboxylic acid groups (broad SMARTS) is 1. The van der Waals surface area contributed by atoms with Crippen LogP contribution in [0.15, 0.2) is 47.5 Å². The van der Waals surface area contributed by atoms with Gasteiger partial charge < -0.3 is 19.5 Å². The Labute approximate surface area is 176 Å². The van der Waals surface area contributed by atoms with Crippen LogP contribution in [0.2, 0.25) is 0 Å². The van der Waals surface area contributed by atoms with Crippen molar-refractivity contribution >= 4 is 17.5 Å². The standard InChI is InChI=1S/C23H27N3O4/c1-23(2,22(27)28)15-25-10-12-26(13-11-25)21-17-9-8-16(29-3)14-20(17)30-19-7-5-4-6-18(19)24-21/h4-9,14H,10-13,15H2,1-3H3,(H,27,28). The van der Waals surface area contributed by atoms with Gasteiger partial charge in [0.15, 0.2) is 5.75 Å². The second kappa shape index (κ2) is 7.99. The Morgan fingerprint density at radius 3 is 2.57 bits per heavy atom. The van der Waals surface area contributed by atoms with Crippen LogP contribution in [-0.4, -0.2) is 66.5 Å². The van der Waals surface area contributed by atoms with E-state index in [1.165, 1.54) is 0 Å². The van der Waals surface area contributed by atoms with Crippen molar-refractivity contribution in [1.29, 1.82) is 0 Å². The normalized spacial score (nSPS) is 16.6. The third-order valence-electron chi connectivity index (χ3n) is 5.61. The lowest BCUT2D eigenvalue weighted by Gasteiger charge is -2.39. The number of hydrogen-bond acceptors (Lipinski definition) is 6. The number of nitrogens with zero attached hydrogens (tertiary/aromatic N) is 3. The van der Waals surface area contributed by atoms with Gasteiger partial charge in [0.25, 0.3) is 0 Å². The summed E-state index contributed by atoms with van der Waals surface area (Å²) in [6, 6.07) is 13.5. The highest BCUT2D eigenvalue weighted by molar-refractivity contribution is 6.04. The van der Waals surface area contributed by atoms with Crippen LogP contribution in [0.5, 0.6) is 17.2 Å². The van der Waals surface area contributed by atoms with Gasteiger partial charge in [-0.2, -0.15) is 0 Å². The van der Waals surface area contributed by atoms with E-state index in [0.717, 1.165) is 49.0 Å². The van der Waals surface area contributed by atoms with Gasteiger partial charge in [0.1, 0.15) is 23.0 Å². The van der Waals surface area contributed by atoms with Crippen LogP contribution < -0.4 is 9.47 Å². The molecular formula is C23H27N3O4. The number of carbonyl (C=O) groups is 1. The van der Waals surface area contributed by atoms with E-state index in [-0.39, 0.29) is 0 Å². The number of aliphatic carboxylic acids is 1. The Morgan fingerprint density at radius 1 is 1.13 bits per heavy atom. The number of carboxylic acids is 1. The number of hydrogen-bond donors (Lipinski definition) is 1. The van der Waals surface area contributed by atoms with Gasteiger partial charge in [-0.05, 0) is 38.1 Å². The maximum absolute atomic E-state index is 11.5. The van der Waals surface area contributed by atoms with Crippen LogP contribution in [0.4, 0.5) is 5.69 Å². The molecule has 2 aromatic carbocycles. The first-order valence-corrected chi connectivity index (χ1v) is 10.1. The van der Waals surface area contributed by atoms with E-state index in [9.17, 15) is 9.90 Å². The quantitative estimate of drug-likeness (QED) is 0.832. The molecule has 158 valence electrons. The van der Waals surface area contributed by atoms with Crippen LogP contribution in [0, 0.1) is 5.41 Å². The Bertz CT molecular complexity index is 978. The average molecular weight is 409 g/mol. The highest BCUT2D eigenvalue weighted by atomic mass is 16.5. The monoisotopic (exact) mass is 409 g/mol. The van der Waals surface area contributed by atoms with E-state index in [2.05, 4.69) is 9.80 Å². The molecule has 2 aromatic rings. The lowest BCUT2D eigenvalue weighted by atomic mass is 9.93. The topological polar surface area (TPSA) is 74.6 Å². The summed E-state index contributed by atoms with van der Waals surface area (Å²) in [4.78, 5) is 20.9. The summed E-state index contributed by atoms with van der Waals surface area (Å²) < 4.78 is 11.6. The van der Waals surface area contributed by atoms with Crippen molar-refractivity contribution < 1.29 is 19.4 Å². The minimum atomic E-state index is -0.769. The molecule has 1 saturated heterocycles. The first kappa shape index (κ1) is 20.2. The minimum absolute atomic E-state index is 0.530. The van der Waals surface area contributed by atoms with Gasteiger partial charge in [0.05, 0.1) is 18.1 Å². The fourth-order valence-corrected chi connectivity index (χ4v) is 3.81. The summed E-state index contributed by atoms with van der Waals surface area (Å²) in [7, 11) is 1.64. The molecule has 30 heavy (non-hydrogen) atoms. The smallest absolute Gasteiger partial charge is 0.310 e. The van der Waals surface area contributed by atoms with Crippen molar-refractivity contribution in [3.05, 3.63) is 48.0 Å². The summed E-state index contributed by atoms with van der Waals surface area (Å²) in [6.45, 7) is 7.17. The highest BCUT2D eigenvalue weighted by Crippen LogP contribution is 2.39. The van der Waals surface area contributed by atoms with Crippen LogP contribution in [0.1, 0.15) is 19.4 Å². The SMILES string of the molecule is COc1ccc2c(c1)Oc1ccccc1N=C2N1CCN(CC(C)(C)C(=O)O)CC1. The fourth-order valence-electron chi connectivity index (χ4n) is 3.81. The number of aliphatic imine (C=N–C) groups is 1. The molecule has 7 nitrogen and oxygen atoms in total. The predicted molar refractivity (Wildman–Crippen MR) is 115 cm³/mol. The Morgan fingerprint density at radius 2 is 1.87 bits per heavy atom. The summed E-state index contributed by atoms with van der Waals surface area (Å²) in [5.41, 5.74) is 0.946. The number of methoxy groups -OCH3 is 1. The van der Waals surface area contributed by atoms with Crippen molar-refractivity contribution in [2.24, 2.45) is 10.4 Å². The van der Waals surface area contributed by atoms with E-state index in [1.807, 2.05) is 42.5 Å². The molecule has 0 aliphatic carbocycles. The van der Waals surface area contributed by atoms with E-state index in [0.29, 0.717) is 18.0 Å². The van der Waals surface area contributed by atoms with Crippen molar-refractivity contribution in [3.63, 3.8) is 0 Å². The molecule has 1 fully saturated rings. The zero-order valence-electron chi connectivity index (χ0n) is 17.6. The van der Waals surface area contributed by atoms with Gasteiger partial charge in [-0.15, -0.1) is 0 Å². The van der Waals surface area contributed by atoms with Gasteiger partial charge in [0.2, 0.25) is 0 Å². The van der Waals surface area contributed by atoms with Gasteiger partial charge >= 0.3 is 5.97 Å².